The van der Waals surface area contributed by atoms with Crippen molar-refractivity contribution in [1.82, 2.24) is 35.0 Å². The summed E-state index contributed by atoms with van der Waals surface area (Å²) in [5.41, 5.74) is 3.78. The first-order chi connectivity index (χ1) is 13.4. The van der Waals surface area contributed by atoms with Crippen molar-refractivity contribution in [3.63, 3.8) is 0 Å². The highest BCUT2D eigenvalue weighted by Crippen LogP contribution is 2.26. The number of aryl methyl sites for hydroxylation is 3. The van der Waals surface area contributed by atoms with Gasteiger partial charge in [-0.15, -0.1) is 0 Å². The van der Waals surface area contributed by atoms with E-state index in [0.29, 0.717) is 34.6 Å². The zero-order valence-electron chi connectivity index (χ0n) is 16.2. The summed E-state index contributed by atoms with van der Waals surface area (Å²) >= 11 is 0. The molecule has 0 aromatic carbocycles. The number of carbonyl (C=O) groups is 1. The maximum Gasteiger partial charge on any atom is 0.259 e. The molecule has 1 atom stereocenters. The summed E-state index contributed by atoms with van der Waals surface area (Å²) in [4.78, 5) is 17.5. The fraction of sp³-hybridized carbons (Fsp3) is 0.316. The van der Waals surface area contributed by atoms with Crippen molar-refractivity contribution < 1.29 is 9.32 Å². The molecule has 0 saturated carbocycles. The summed E-state index contributed by atoms with van der Waals surface area (Å²) in [6.45, 7) is 6.24. The number of hydrogen-bond acceptors (Lipinski definition) is 6. The Labute approximate surface area is 161 Å². The van der Waals surface area contributed by atoms with Crippen LogP contribution in [0.3, 0.4) is 0 Å². The van der Waals surface area contributed by atoms with Crippen LogP contribution in [-0.4, -0.2) is 41.7 Å². The third-order valence-electron chi connectivity index (χ3n) is 4.47. The van der Waals surface area contributed by atoms with Crippen molar-refractivity contribution in [3.8, 4) is 11.3 Å². The van der Waals surface area contributed by atoms with E-state index in [1.165, 1.54) is 0 Å². The molecule has 0 aliphatic heterocycles. The summed E-state index contributed by atoms with van der Waals surface area (Å²) in [5.74, 6) is -0.208. The van der Waals surface area contributed by atoms with Crippen LogP contribution in [0, 0.1) is 13.8 Å². The van der Waals surface area contributed by atoms with E-state index in [-0.39, 0.29) is 11.9 Å². The van der Waals surface area contributed by atoms with Gasteiger partial charge in [0.05, 0.1) is 40.8 Å². The Morgan fingerprint density at radius 1 is 1.36 bits per heavy atom. The van der Waals surface area contributed by atoms with Gasteiger partial charge in [-0.25, -0.2) is 4.98 Å². The lowest BCUT2D eigenvalue weighted by atomic mass is 10.1. The van der Waals surface area contributed by atoms with Crippen LogP contribution in [-0.2, 0) is 13.6 Å². The molecule has 4 aromatic rings. The molecule has 0 fully saturated rings. The van der Waals surface area contributed by atoms with Crippen molar-refractivity contribution in [2.75, 3.05) is 0 Å². The van der Waals surface area contributed by atoms with Crippen molar-refractivity contribution in [2.24, 2.45) is 7.05 Å². The predicted molar refractivity (Wildman–Crippen MR) is 103 cm³/mol. The first kappa shape index (κ1) is 17.9. The molecule has 0 aliphatic rings. The Kier molecular flexibility index (Phi) is 4.42. The molecule has 0 saturated heterocycles. The number of nitrogens with one attached hydrogen (secondary N) is 1. The number of pyridine rings is 1. The highest BCUT2D eigenvalue weighted by atomic mass is 16.5. The SMILES string of the molecule is Cc1ccn(C[C@H](C)NC(=O)c2cc(-c3cnn(C)c3)nc3onc(C)c23)n1. The van der Waals surface area contributed by atoms with Gasteiger partial charge in [-0.3, -0.25) is 14.2 Å². The van der Waals surface area contributed by atoms with Gasteiger partial charge in [0.1, 0.15) is 0 Å². The van der Waals surface area contributed by atoms with Gasteiger partial charge in [0.15, 0.2) is 0 Å². The van der Waals surface area contributed by atoms with Crippen molar-refractivity contribution in [3.05, 3.63) is 47.7 Å². The van der Waals surface area contributed by atoms with Gasteiger partial charge in [-0.2, -0.15) is 10.2 Å². The Morgan fingerprint density at radius 3 is 2.86 bits per heavy atom. The summed E-state index contributed by atoms with van der Waals surface area (Å²) in [5, 5.41) is 16.2. The molecule has 1 N–H and O–H groups in total. The van der Waals surface area contributed by atoms with Crippen molar-refractivity contribution in [1.29, 1.82) is 0 Å². The molecule has 9 heteroatoms. The molecule has 1 amide bonds. The summed E-state index contributed by atoms with van der Waals surface area (Å²) in [6.07, 6.45) is 5.43. The Balaban J connectivity index is 1.66. The molecule has 0 spiro atoms. The molecule has 144 valence electrons. The second-order valence-electron chi connectivity index (χ2n) is 6.96. The first-order valence-corrected chi connectivity index (χ1v) is 8.97. The number of nitrogens with zero attached hydrogens (tertiary/aromatic N) is 6. The van der Waals surface area contributed by atoms with Gasteiger partial charge >= 0.3 is 0 Å². The topological polar surface area (TPSA) is 104 Å². The lowest BCUT2D eigenvalue weighted by Crippen LogP contribution is -2.36. The Hall–Kier alpha value is -3.49. The molecule has 4 rings (SSSR count). The van der Waals surface area contributed by atoms with E-state index in [9.17, 15) is 4.79 Å². The highest BCUT2D eigenvalue weighted by molar-refractivity contribution is 6.07. The largest absolute Gasteiger partial charge is 0.348 e. The average Bonchev–Trinajstić information content (AvgIpc) is 3.35. The zero-order chi connectivity index (χ0) is 19.8. The molecule has 0 unspecified atom stereocenters. The minimum Gasteiger partial charge on any atom is -0.348 e. The number of carbonyl (C=O) groups excluding carboxylic acids is 1. The van der Waals surface area contributed by atoms with Crippen LogP contribution < -0.4 is 5.32 Å². The molecule has 0 aliphatic carbocycles. The molecule has 4 aromatic heterocycles. The maximum absolute atomic E-state index is 13.0. The Bertz CT molecular complexity index is 1150. The second kappa shape index (κ2) is 6.91. The third-order valence-corrected chi connectivity index (χ3v) is 4.47. The third kappa shape index (κ3) is 3.38. The number of aromatic nitrogens is 6. The van der Waals surface area contributed by atoms with Gasteiger partial charge in [0.25, 0.3) is 11.6 Å². The fourth-order valence-corrected chi connectivity index (χ4v) is 3.17. The quantitative estimate of drug-likeness (QED) is 0.570. The van der Waals surface area contributed by atoms with Crippen molar-refractivity contribution >= 4 is 17.0 Å². The lowest BCUT2D eigenvalue weighted by molar-refractivity contribution is 0.0937. The number of rotatable bonds is 5. The second-order valence-corrected chi connectivity index (χ2v) is 6.96. The summed E-state index contributed by atoms with van der Waals surface area (Å²) in [7, 11) is 1.83. The molecule has 4 heterocycles. The van der Waals surface area contributed by atoms with Gasteiger partial charge in [0.2, 0.25) is 0 Å². The minimum atomic E-state index is -0.208. The van der Waals surface area contributed by atoms with Crippen LogP contribution in [0.5, 0.6) is 0 Å². The minimum absolute atomic E-state index is 0.114. The average molecular weight is 379 g/mol. The van der Waals surface area contributed by atoms with Crippen LogP contribution >= 0.6 is 0 Å². The van der Waals surface area contributed by atoms with E-state index in [1.54, 1.807) is 23.9 Å². The molecular weight excluding hydrogens is 358 g/mol. The predicted octanol–water partition coefficient (Wildman–Crippen LogP) is 2.26. The molecule has 28 heavy (non-hydrogen) atoms. The maximum atomic E-state index is 13.0. The standard InChI is InChI=1S/C19H21N7O2/c1-11-5-6-26(23-11)9-12(2)21-18(27)15-7-16(14-8-20-25(4)10-14)22-19-17(15)13(3)24-28-19/h5-8,10,12H,9H2,1-4H3,(H,21,27)/t12-/m0/s1. The molecule has 9 nitrogen and oxygen atoms in total. The van der Waals surface area contributed by atoms with Gasteiger partial charge < -0.3 is 9.84 Å². The summed E-state index contributed by atoms with van der Waals surface area (Å²) < 4.78 is 8.82. The van der Waals surface area contributed by atoms with E-state index in [4.69, 9.17) is 4.52 Å². The van der Waals surface area contributed by atoms with E-state index in [1.807, 2.05) is 44.0 Å². The summed E-state index contributed by atoms with van der Waals surface area (Å²) in [6, 6.07) is 3.57. The zero-order valence-corrected chi connectivity index (χ0v) is 16.2. The van der Waals surface area contributed by atoms with Crippen LogP contribution in [0.1, 0.15) is 28.7 Å². The van der Waals surface area contributed by atoms with Crippen LogP contribution in [0.2, 0.25) is 0 Å². The van der Waals surface area contributed by atoms with E-state index < -0.39 is 0 Å². The smallest absolute Gasteiger partial charge is 0.259 e. The number of hydrogen-bond donors (Lipinski definition) is 1. The van der Waals surface area contributed by atoms with Gasteiger partial charge in [-0.05, 0) is 32.9 Å². The van der Waals surface area contributed by atoms with E-state index in [0.717, 1.165) is 11.3 Å². The molecule has 0 bridgehead atoms. The van der Waals surface area contributed by atoms with Gasteiger partial charge in [0, 0.05) is 31.0 Å². The monoisotopic (exact) mass is 379 g/mol. The first-order valence-electron chi connectivity index (χ1n) is 8.97. The number of fused-ring (bicyclic) bond motifs is 1. The fourth-order valence-electron chi connectivity index (χ4n) is 3.17. The van der Waals surface area contributed by atoms with Crippen LogP contribution in [0.15, 0.2) is 35.2 Å². The normalized spacial score (nSPS) is 12.4. The van der Waals surface area contributed by atoms with Crippen molar-refractivity contribution in [2.45, 2.75) is 33.4 Å². The lowest BCUT2D eigenvalue weighted by Gasteiger charge is -2.15. The van der Waals surface area contributed by atoms with E-state index >= 15 is 0 Å². The highest BCUT2D eigenvalue weighted by Gasteiger charge is 2.21. The number of amides is 1. The van der Waals surface area contributed by atoms with E-state index in [2.05, 4.69) is 25.7 Å². The Morgan fingerprint density at radius 2 is 2.18 bits per heavy atom. The molecule has 0 radical (unpaired) electrons. The molecular formula is C19H21N7O2. The van der Waals surface area contributed by atoms with Gasteiger partial charge in [-0.1, -0.05) is 5.16 Å². The van der Waals surface area contributed by atoms with Crippen LogP contribution in [0.4, 0.5) is 0 Å². The van der Waals surface area contributed by atoms with Crippen LogP contribution in [0.25, 0.3) is 22.4 Å².